The van der Waals surface area contributed by atoms with E-state index in [0.29, 0.717) is 12.0 Å². The fourth-order valence-corrected chi connectivity index (χ4v) is 2.09. The standard InChI is InChI=1S/C12H10ClF3N2O/c1-6(2)10-9(5-19)18-4-7(12(14,15)16)3-8(13)11(18)17-10/h3-6H,1-2H3. The van der Waals surface area contributed by atoms with Crippen molar-refractivity contribution in [1.82, 2.24) is 9.38 Å². The molecule has 0 N–H and O–H groups in total. The summed E-state index contributed by atoms with van der Waals surface area (Å²) in [4.78, 5) is 15.2. The lowest BCUT2D eigenvalue weighted by Crippen LogP contribution is -2.07. The first kappa shape index (κ1) is 13.9. The normalized spacial score (nSPS) is 12.4. The SMILES string of the molecule is CC(C)c1nc2c(Cl)cc(C(F)(F)F)cn2c1C=O. The molecule has 19 heavy (non-hydrogen) atoms. The maximum absolute atomic E-state index is 12.7. The first-order valence-corrected chi connectivity index (χ1v) is 5.87. The summed E-state index contributed by atoms with van der Waals surface area (Å²) < 4.78 is 39.2. The zero-order valence-electron chi connectivity index (χ0n) is 10.1. The van der Waals surface area contributed by atoms with Gasteiger partial charge >= 0.3 is 6.18 Å². The van der Waals surface area contributed by atoms with Gasteiger partial charge in [0.1, 0.15) is 5.69 Å². The topological polar surface area (TPSA) is 34.4 Å². The van der Waals surface area contributed by atoms with Crippen LogP contribution in [0, 0.1) is 0 Å². The van der Waals surface area contributed by atoms with Gasteiger partial charge in [0.25, 0.3) is 0 Å². The number of hydrogen-bond acceptors (Lipinski definition) is 2. The highest BCUT2D eigenvalue weighted by Gasteiger charge is 2.32. The predicted octanol–water partition coefficient (Wildman–Crippen LogP) is 3.94. The van der Waals surface area contributed by atoms with Gasteiger partial charge in [0, 0.05) is 6.20 Å². The van der Waals surface area contributed by atoms with Gasteiger partial charge in [-0.2, -0.15) is 13.2 Å². The van der Waals surface area contributed by atoms with Crippen LogP contribution in [0.15, 0.2) is 12.3 Å². The summed E-state index contributed by atoms with van der Waals surface area (Å²) in [6, 6.07) is 0.808. The molecule has 102 valence electrons. The summed E-state index contributed by atoms with van der Waals surface area (Å²) in [6.45, 7) is 3.60. The molecule has 0 aliphatic carbocycles. The molecule has 2 rings (SSSR count). The zero-order chi connectivity index (χ0) is 14.4. The van der Waals surface area contributed by atoms with Crippen molar-refractivity contribution in [3.8, 4) is 0 Å². The molecule has 0 bridgehead atoms. The lowest BCUT2D eigenvalue weighted by molar-refractivity contribution is -0.137. The molecule has 0 atom stereocenters. The Bertz CT molecular complexity index is 646. The molecule has 0 aliphatic heterocycles. The predicted molar refractivity (Wildman–Crippen MR) is 64.7 cm³/mol. The molecular weight excluding hydrogens is 281 g/mol. The van der Waals surface area contributed by atoms with Crippen molar-refractivity contribution in [2.75, 3.05) is 0 Å². The van der Waals surface area contributed by atoms with E-state index in [1.165, 1.54) is 0 Å². The second kappa shape index (κ2) is 4.52. The number of aromatic nitrogens is 2. The third-order valence-electron chi connectivity index (χ3n) is 2.73. The van der Waals surface area contributed by atoms with Crippen LogP contribution >= 0.6 is 11.6 Å². The molecule has 0 spiro atoms. The summed E-state index contributed by atoms with van der Waals surface area (Å²) in [7, 11) is 0. The summed E-state index contributed by atoms with van der Waals surface area (Å²) in [5, 5.41) is -0.134. The van der Waals surface area contributed by atoms with E-state index < -0.39 is 11.7 Å². The number of carbonyl (C=O) groups excluding carboxylic acids is 1. The highest BCUT2D eigenvalue weighted by Crippen LogP contribution is 2.33. The van der Waals surface area contributed by atoms with Gasteiger partial charge in [-0.3, -0.25) is 9.20 Å². The highest BCUT2D eigenvalue weighted by molar-refractivity contribution is 6.33. The van der Waals surface area contributed by atoms with Crippen LogP contribution in [0.1, 0.15) is 41.5 Å². The third kappa shape index (κ3) is 2.32. The Labute approximate surface area is 112 Å². The van der Waals surface area contributed by atoms with Crippen LogP contribution in [0.4, 0.5) is 13.2 Å². The number of carbonyl (C=O) groups is 1. The largest absolute Gasteiger partial charge is 0.417 e. The average molecular weight is 291 g/mol. The van der Waals surface area contributed by atoms with Crippen LogP contribution in [0.2, 0.25) is 5.02 Å². The van der Waals surface area contributed by atoms with E-state index in [4.69, 9.17) is 11.6 Å². The van der Waals surface area contributed by atoms with Gasteiger partial charge in [0.2, 0.25) is 0 Å². The number of imidazole rings is 1. The second-order valence-electron chi connectivity index (χ2n) is 4.42. The van der Waals surface area contributed by atoms with E-state index in [9.17, 15) is 18.0 Å². The Morgan fingerprint density at radius 2 is 2.05 bits per heavy atom. The minimum atomic E-state index is -4.53. The number of fused-ring (bicyclic) bond motifs is 1. The summed E-state index contributed by atoms with van der Waals surface area (Å²) in [5.41, 5.74) is -0.240. The number of alkyl halides is 3. The Hall–Kier alpha value is -1.56. The Morgan fingerprint density at radius 1 is 1.42 bits per heavy atom. The molecule has 0 unspecified atom stereocenters. The molecule has 2 heterocycles. The van der Waals surface area contributed by atoms with Crippen molar-refractivity contribution < 1.29 is 18.0 Å². The van der Waals surface area contributed by atoms with Crippen LogP contribution in [-0.2, 0) is 6.18 Å². The van der Waals surface area contributed by atoms with Crippen LogP contribution < -0.4 is 0 Å². The maximum atomic E-state index is 12.7. The first-order valence-electron chi connectivity index (χ1n) is 5.49. The van der Waals surface area contributed by atoms with Gasteiger partial charge in [0.15, 0.2) is 11.9 Å². The average Bonchev–Trinajstić information content (AvgIpc) is 2.66. The second-order valence-corrected chi connectivity index (χ2v) is 4.83. The monoisotopic (exact) mass is 290 g/mol. The molecule has 7 heteroatoms. The van der Waals surface area contributed by atoms with Gasteiger partial charge in [-0.05, 0) is 12.0 Å². The lowest BCUT2D eigenvalue weighted by atomic mass is 10.1. The number of aldehydes is 1. The van der Waals surface area contributed by atoms with E-state index >= 15 is 0 Å². The molecule has 0 aromatic carbocycles. The van der Waals surface area contributed by atoms with Gasteiger partial charge in [-0.1, -0.05) is 25.4 Å². The van der Waals surface area contributed by atoms with E-state index in [2.05, 4.69) is 4.98 Å². The van der Waals surface area contributed by atoms with Crippen LogP contribution in [0.5, 0.6) is 0 Å². The van der Waals surface area contributed by atoms with Gasteiger partial charge in [0.05, 0.1) is 16.3 Å². The molecule has 0 saturated heterocycles. The van der Waals surface area contributed by atoms with Crippen LogP contribution in [0.25, 0.3) is 5.65 Å². The summed E-state index contributed by atoms with van der Waals surface area (Å²) >= 11 is 5.82. The number of rotatable bonds is 2. The molecule has 3 nitrogen and oxygen atoms in total. The molecule has 0 radical (unpaired) electrons. The Kier molecular flexibility index (Phi) is 3.30. The zero-order valence-corrected chi connectivity index (χ0v) is 10.9. The van der Waals surface area contributed by atoms with Crippen molar-refractivity contribution >= 4 is 23.5 Å². The van der Waals surface area contributed by atoms with E-state index in [1.54, 1.807) is 13.8 Å². The summed E-state index contributed by atoms with van der Waals surface area (Å²) in [6.07, 6.45) is -3.20. The maximum Gasteiger partial charge on any atom is 0.417 e. The van der Waals surface area contributed by atoms with Gasteiger partial charge in [-0.25, -0.2) is 4.98 Å². The van der Waals surface area contributed by atoms with Crippen LogP contribution in [-0.4, -0.2) is 15.7 Å². The molecule has 2 aromatic heterocycles. The molecule has 0 fully saturated rings. The van der Waals surface area contributed by atoms with Crippen molar-refractivity contribution in [3.05, 3.63) is 34.2 Å². The Morgan fingerprint density at radius 3 is 2.53 bits per heavy atom. The molecule has 2 aromatic rings. The minimum absolute atomic E-state index is 0.0921. The van der Waals surface area contributed by atoms with Crippen molar-refractivity contribution in [2.24, 2.45) is 0 Å². The first-order chi connectivity index (χ1) is 8.75. The number of pyridine rings is 1. The van der Waals surface area contributed by atoms with E-state index in [1.807, 2.05) is 0 Å². The Balaban J connectivity index is 2.83. The van der Waals surface area contributed by atoms with E-state index in [-0.39, 0.29) is 22.3 Å². The van der Waals surface area contributed by atoms with Gasteiger partial charge in [-0.15, -0.1) is 0 Å². The number of nitrogens with zero attached hydrogens (tertiary/aromatic N) is 2. The number of hydrogen-bond donors (Lipinski definition) is 0. The fraction of sp³-hybridized carbons (Fsp3) is 0.333. The lowest BCUT2D eigenvalue weighted by Gasteiger charge is -2.08. The van der Waals surface area contributed by atoms with Crippen LogP contribution in [0.3, 0.4) is 0 Å². The van der Waals surface area contributed by atoms with Gasteiger partial charge < -0.3 is 0 Å². The quantitative estimate of drug-likeness (QED) is 0.785. The molecule has 0 aliphatic rings. The molecule has 0 saturated carbocycles. The van der Waals surface area contributed by atoms with Crippen molar-refractivity contribution in [1.29, 1.82) is 0 Å². The highest BCUT2D eigenvalue weighted by atomic mass is 35.5. The van der Waals surface area contributed by atoms with Crippen molar-refractivity contribution in [3.63, 3.8) is 0 Å². The fourth-order valence-electron chi connectivity index (χ4n) is 1.84. The molecule has 0 amide bonds. The number of halogens is 4. The third-order valence-corrected chi connectivity index (χ3v) is 3.00. The molecular formula is C12H10ClF3N2O. The van der Waals surface area contributed by atoms with E-state index in [0.717, 1.165) is 16.7 Å². The van der Waals surface area contributed by atoms with Crippen molar-refractivity contribution in [2.45, 2.75) is 25.9 Å². The summed E-state index contributed by atoms with van der Waals surface area (Å²) in [5.74, 6) is -0.0921. The minimum Gasteiger partial charge on any atom is -0.296 e. The smallest absolute Gasteiger partial charge is 0.296 e.